The molecule has 2 heterocycles. The van der Waals surface area contributed by atoms with E-state index in [9.17, 15) is 22.8 Å². The molecule has 8 nitrogen and oxygen atoms in total. The van der Waals surface area contributed by atoms with Crippen LogP contribution in [0, 0.1) is 13.8 Å². The lowest BCUT2D eigenvalue weighted by atomic mass is 10.1. The van der Waals surface area contributed by atoms with E-state index in [1.807, 2.05) is 0 Å². The Hall–Kier alpha value is -2.16. The molecule has 2 rings (SSSR count). The highest BCUT2D eigenvalue weighted by atomic mass is 32.2. The predicted molar refractivity (Wildman–Crippen MR) is 85.8 cm³/mol. The minimum atomic E-state index is -3.09. The Balaban J connectivity index is 1.93. The number of H-pyrrole nitrogens is 1. The molecule has 1 atom stereocenters. The van der Waals surface area contributed by atoms with Crippen LogP contribution in [-0.2, 0) is 19.4 Å². The zero-order chi connectivity index (χ0) is 18.1. The molecule has 24 heavy (non-hydrogen) atoms. The molecule has 1 aromatic rings. The molecular weight excluding hydrogens is 336 g/mol. The van der Waals surface area contributed by atoms with Gasteiger partial charge in [0.15, 0.2) is 22.2 Å². The minimum absolute atomic E-state index is 0.0481. The first-order valence-electron chi connectivity index (χ1n) is 7.47. The van der Waals surface area contributed by atoms with Gasteiger partial charge in [0.1, 0.15) is 5.69 Å². The summed E-state index contributed by atoms with van der Waals surface area (Å²) in [7, 11) is -3.09. The molecule has 1 aliphatic rings. The minimum Gasteiger partial charge on any atom is -0.451 e. The van der Waals surface area contributed by atoms with Crippen molar-refractivity contribution in [1.29, 1.82) is 0 Å². The maximum absolute atomic E-state index is 12.1. The van der Waals surface area contributed by atoms with Crippen molar-refractivity contribution in [2.24, 2.45) is 0 Å². The number of aromatic nitrogens is 1. The highest BCUT2D eigenvalue weighted by Crippen LogP contribution is 2.19. The van der Waals surface area contributed by atoms with Crippen LogP contribution in [0.2, 0.25) is 0 Å². The topological polar surface area (TPSA) is 122 Å². The monoisotopic (exact) mass is 356 g/mol. The zero-order valence-corrected chi connectivity index (χ0v) is 14.6. The smallest absolute Gasteiger partial charge is 0.355 e. The van der Waals surface area contributed by atoms with E-state index in [-0.39, 0.29) is 23.0 Å². The van der Waals surface area contributed by atoms with Gasteiger partial charge in [0, 0.05) is 17.3 Å². The molecule has 1 amide bonds. The first-order valence-corrected chi connectivity index (χ1v) is 9.30. The number of hydrogen-bond donors (Lipinski definition) is 2. The van der Waals surface area contributed by atoms with Crippen LogP contribution in [-0.4, -0.2) is 55.2 Å². The Bertz CT molecular complexity index is 793. The summed E-state index contributed by atoms with van der Waals surface area (Å²) >= 11 is 0. The van der Waals surface area contributed by atoms with Crippen LogP contribution in [0.5, 0.6) is 0 Å². The van der Waals surface area contributed by atoms with Crippen LogP contribution in [0.3, 0.4) is 0 Å². The Morgan fingerprint density at radius 1 is 1.29 bits per heavy atom. The van der Waals surface area contributed by atoms with Crippen molar-refractivity contribution in [3.8, 4) is 0 Å². The zero-order valence-electron chi connectivity index (χ0n) is 13.8. The number of carbonyl (C=O) groups is 3. The lowest BCUT2D eigenvalue weighted by molar-refractivity contribution is -0.124. The number of carbonyl (C=O) groups excluding carboxylic acids is 3. The summed E-state index contributed by atoms with van der Waals surface area (Å²) < 4.78 is 27.6. The molecule has 1 aromatic heterocycles. The van der Waals surface area contributed by atoms with Crippen LogP contribution in [0.4, 0.5) is 0 Å². The van der Waals surface area contributed by atoms with Gasteiger partial charge >= 0.3 is 5.97 Å². The van der Waals surface area contributed by atoms with E-state index in [2.05, 4.69) is 10.3 Å². The molecule has 132 valence electrons. The number of aryl methyl sites for hydroxylation is 1. The molecule has 0 saturated carbocycles. The Labute approximate surface area is 139 Å². The van der Waals surface area contributed by atoms with Gasteiger partial charge in [0.05, 0.1) is 11.5 Å². The molecule has 1 saturated heterocycles. The van der Waals surface area contributed by atoms with Crippen molar-refractivity contribution in [3.63, 3.8) is 0 Å². The third-order valence-electron chi connectivity index (χ3n) is 3.93. The van der Waals surface area contributed by atoms with Gasteiger partial charge in [-0.2, -0.15) is 0 Å². The third-order valence-corrected chi connectivity index (χ3v) is 5.69. The number of nitrogens with one attached hydrogen (secondary N) is 2. The largest absolute Gasteiger partial charge is 0.451 e. The van der Waals surface area contributed by atoms with Crippen molar-refractivity contribution in [1.82, 2.24) is 10.3 Å². The van der Waals surface area contributed by atoms with Gasteiger partial charge < -0.3 is 15.0 Å². The third kappa shape index (κ3) is 4.02. The quantitative estimate of drug-likeness (QED) is 0.578. The van der Waals surface area contributed by atoms with Gasteiger partial charge in [-0.25, -0.2) is 13.2 Å². The van der Waals surface area contributed by atoms with Gasteiger partial charge in [-0.05, 0) is 32.8 Å². The van der Waals surface area contributed by atoms with E-state index in [4.69, 9.17) is 4.74 Å². The van der Waals surface area contributed by atoms with E-state index >= 15 is 0 Å². The van der Waals surface area contributed by atoms with Crippen LogP contribution in [0.15, 0.2) is 0 Å². The van der Waals surface area contributed by atoms with E-state index in [1.54, 1.807) is 13.8 Å². The lowest BCUT2D eigenvalue weighted by Gasteiger charge is -2.11. The van der Waals surface area contributed by atoms with E-state index in [0.29, 0.717) is 23.2 Å². The fraction of sp³-hybridized carbons (Fsp3) is 0.533. The summed E-state index contributed by atoms with van der Waals surface area (Å²) in [6, 6.07) is -0.444. The van der Waals surface area contributed by atoms with Crippen LogP contribution in [0.1, 0.15) is 45.4 Å². The van der Waals surface area contributed by atoms with Gasteiger partial charge in [-0.1, -0.05) is 0 Å². The summed E-state index contributed by atoms with van der Waals surface area (Å²) in [5.74, 6) is -1.51. The number of Topliss-reactive ketones (excluding diaryl/α,β-unsaturated/α-hetero) is 1. The van der Waals surface area contributed by atoms with E-state index < -0.39 is 34.4 Å². The standard InChI is InChI=1S/C15H20N2O6S/c1-8-13(10(3)18)9(2)16-14(8)15(20)23-6-12(19)17-11-4-5-24(21,22)7-11/h11,16H,4-7H2,1-3H3,(H,17,19). The highest BCUT2D eigenvalue weighted by molar-refractivity contribution is 7.91. The van der Waals surface area contributed by atoms with Crippen molar-refractivity contribution in [3.05, 3.63) is 22.5 Å². The molecule has 0 aliphatic carbocycles. The first kappa shape index (κ1) is 18.2. The second-order valence-electron chi connectivity index (χ2n) is 5.92. The Morgan fingerprint density at radius 2 is 1.96 bits per heavy atom. The van der Waals surface area contributed by atoms with E-state index in [0.717, 1.165) is 0 Å². The Morgan fingerprint density at radius 3 is 2.46 bits per heavy atom. The van der Waals surface area contributed by atoms with Gasteiger partial charge in [-0.15, -0.1) is 0 Å². The lowest BCUT2D eigenvalue weighted by Crippen LogP contribution is -2.38. The fourth-order valence-corrected chi connectivity index (χ4v) is 4.54. The van der Waals surface area contributed by atoms with Gasteiger partial charge in [0.25, 0.3) is 5.91 Å². The maximum Gasteiger partial charge on any atom is 0.355 e. The second kappa shape index (κ2) is 6.76. The van der Waals surface area contributed by atoms with Gasteiger partial charge in [-0.3, -0.25) is 9.59 Å². The molecule has 1 unspecified atom stereocenters. The molecular formula is C15H20N2O6S. The highest BCUT2D eigenvalue weighted by Gasteiger charge is 2.29. The molecule has 0 spiro atoms. The SMILES string of the molecule is CC(=O)c1c(C)[nH]c(C(=O)OCC(=O)NC2CCS(=O)(=O)C2)c1C. The van der Waals surface area contributed by atoms with Gasteiger partial charge in [0.2, 0.25) is 0 Å². The number of esters is 1. The molecule has 1 aliphatic heterocycles. The number of rotatable bonds is 5. The van der Waals surface area contributed by atoms with Crippen molar-refractivity contribution < 1.29 is 27.5 Å². The summed E-state index contributed by atoms with van der Waals surface area (Å²) in [6.45, 7) is 4.19. The molecule has 9 heteroatoms. The molecule has 2 N–H and O–H groups in total. The molecule has 0 aromatic carbocycles. The molecule has 0 bridgehead atoms. The van der Waals surface area contributed by atoms with Crippen LogP contribution < -0.4 is 5.32 Å². The average Bonchev–Trinajstić information content (AvgIpc) is 2.95. The second-order valence-corrected chi connectivity index (χ2v) is 8.15. The predicted octanol–water partition coefficient (Wildman–Crippen LogP) is 0.294. The first-order chi connectivity index (χ1) is 11.1. The van der Waals surface area contributed by atoms with Crippen molar-refractivity contribution in [2.45, 2.75) is 33.2 Å². The number of sulfone groups is 1. The summed E-state index contributed by atoms with van der Waals surface area (Å²) in [5.41, 5.74) is 1.61. The average molecular weight is 356 g/mol. The summed E-state index contributed by atoms with van der Waals surface area (Å²) in [6.07, 6.45) is 0.360. The fourth-order valence-electron chi connectivity index (χ4n) is 2.86. The number of hydrogen-bond acceptors (Lipinski definition) is 6. The van der Waals surface area contributed by atoms with Crippen molar-refractivity contribution >= 4 is 27.5 Å². The summed E-state index contributed by atoms with van der Waals surface area (Å²) in [5, 5.41) is 2.53. The summed E-state index contributed by atoms with van der Waals surface area (Å²) in [4.78, 5) is 38.2. The number of aromatic amines is 1. The van der Waals surface area contributed by atoms with Crippen LogP contribution in [0.25, 0.3) is 0 Å². The molecule has 1 fully saturated rings. The number of ether oxygens (including phenoxy) is 1. The number of amides is 1. The van der Waals surface area contributed by atoms with Crippen molar-refractivity contribution in [2.75, 3.05) is 18.1 Å². The number of ketones is 1. The normalized spacial score (nSPS) is 19.0. The maximum atomic E-state index is 12.1. The van der Waals surface area contributed by atoms with Crippen LogP contribution >= 0.6 is 0 Å². The van der Waals surface area contributed by atoms with E-state index in [1.165, 1.54) is 6.92 Å². The molecule has 0 radical (unpaired) electrons. The Kier molecular flexibility index (Phi) is 5.12.